The van der Waals surface area contributed by atoms with Crippen LogP contribution in [0.25, 0.3) is 0 Å². The topological polar surface area (TPSA) is 66.8 Å². The van der Waals surface area contributed by atoms with Gasteiger partial charge in [0.25, 0.3) is 5.91 Å². The summed E-state index contributed by atoms with van der Waals surface area (Å²) in [5, 5.41) is 9.71. The van der Waals surface area contributed by atoms with Gasteiger partial charge in [0.2, 0.25) is 0 Å². The zero-order valence-corrected chi connectivity index (χ0v) is 11.3. The molecule has 1 N–H and O–H groups in total. The van der Waals surface area contributed by atoms with Crippen LogP contribution in [0.3, 0.4) is 0 Å². The third-order valence-corrected chi connectivity index (χ3v) is 3.38. The predicted octanol–water partition coefficient (Wildman–Crippen LogP) is 1.92. The molecule has 102 valence electrons. The number of carboxylic acids is 1. The van der Waals surface area contributed by atoms with Gasteiger partial charge in [-0.25, -0.2) is 4.79 Å². The van der Waals surface area contributed by atoms with Crippen molar-refractivity contribution >= 4 is 35.1 Å². The highest BCUT2D eigenvalue weighted by Crippen LogP contribution is 2.23. The molecule has 1 saturated heterocycles. The van der Waals surface area contributed by atoms with Crippen LogP contribution in [-0.4, -0.2) is 47.7 Å². The maximum absolute atomic E-state index is 12.3. The number of halogens is 2. The summed E-state index contributed by atoms with van der Waals surface area (Å²) in [6.45, 7) is 0.502. The van der Waals surface area contributed by atoms with Crippen LogP contribution < -0.4 is 0 Å². The number of carbonyl (C=O) groups is 2. The lowest BCUT2D eigenvalue weighted by Gasteiger charge is -2.33. The Morgan fingerprint density at radius 3 is 2.74 bits per heavy atom. The molecule has 1 aromatic carbocycles. The van der Waals surface area contributed by atoms with Crippen LogP contribution in [0, 0.1) is 0 Å². The molecule has 0 saturated carbocycles. The fraction of sp³-hybridized carbons (Fsp3) is 0.333. The highest BCUT2D eigenvalue weighted by Gasteiger charge is 2.33. The molecule has 0 aromatic heterocycles. The van der Waals surface area contributed by atoms with E-state index in [4.69, 9.17) is 33.0 Å². The number of carbonyl (C=O) groups excluding carboxylic acids is 1. The van der Waals surface area contributed by atoms with Crippen molar-refractivity contribution in [2.45, 2.75) is 6.04 Å². The predicted molar refractivity (Wildman–Crippen MR) is 69.7 cm³/mol. The minimum absolute atomic E-state index is 0.0215. The standard InChI is InChI=1S/C12H11Cl2NO4/c13-7-1-2-8(9(14)5-7)11(16)15-3-4-19-6-10(15)12(17)18/h1-2,5,10H,3-4,6H2,(H,17,18). The van der Waals surface area contributed by atoms with E-state index in [1.165, 1.54) is 23.1 Å². The molecule has 7 heteroatoms. The second-order valence-corrected chi connectivity index (χ2v) is 4.90. The quantitative estimate of drug-likeness (QED) is 0.906. The summed E-state index contributed by atoms with van der Waals surface area (Å²) in [7, 11) is 0. The molecule has 1 aliphatic rings. The number of ether oxygens (including phenoxy) is 1. The van der Waals surface area contributed by atoms with Crippen molar-refractivity contribution in [2.24, 2.45) is 0 Å². The SMILES string of the molecule is O=C(O)C1COCCN1C(=O)c1ccc(Cl)cc1Cl. The van der Waals surface area contributed by atoms with Gasteiger partial charge in [0.05, 0.1) is 23.8 Å². The van der Waals surface area contributed by atoms with E-state index in [0.717, 1.165) is 0 Å². The van der Waals surface area contributed by atoms with E-state index >= 15 is 0 Å². The van der Waals surface area contributed by atoms with Gasteiger partial charge < -0.3 is 14.7 Å². The summed E-state index contributed by atoms with van der Waals surface area (Å²) < 4.78 is 5.08. The zero-order chi connectivity index (χ0) is 14.0. The monoisotopic (exact) mass is 303 g/mol. The van der Waals surface area contributed by atoms with E-state index < -0.39 is 17.9 Å². The first-order valence-electron chi connectivity index (χ1n) is 5.57. The lowest BCUT2D eigenvalue weighted by Crippen LogP contribution is -2.52. The second kappa shape index (κ2) is 5.77. The van der Waals surface area contributed by atoms with Crippen molar-refractivity contribution in [3.63, 3.8) is 0 Å². The van der Waals surface area contributed by atoms with Crippen molar-refractivity contribution in [1.29, 1.82) is 0 Å². The van der Waals surface area contributed by atoms with E-state index in [-0.39, 0.29) is 23.7 Å². The number of benzene rings is 1. The molecule has 19 heavy (non-hydrogen) atoms. The minimum atomic E-state index is -1.10. The van der Waals surface area contributed by atoms with Gasteiger partial charge in [0.15, 0.2) is 6.04 Å². The summed E-state index contributed by atoms with van der Waals surface area (Å²) >= 11 is 11.7. The van der Waals surface area contributed by atoms with Crippen molar-refractivity contribution < 1.29 is 19.4 Å². The molecular weight excluding hydrogens is 293 g/mol. The second-order valence-electron chi connectivity index (χ2n) is 4.05. The summed E-state index contributed by atoms with van der Waals surface area (Å²) in [6, 6.07) is 3.48. The Kier molecular flexibility index (Phi) is 4.29. The van der Waals surface area contributed by atoms with Crippen molar-refractivity contribution in [1.82, 2.24) is 4.90 Å². The van der Waals surface area contributed by atoms with E-state index in [2.05, 4.69) is 0 Å². The fourth-order valence-corrected chi connectivity index (χ4v) is 2.36. The van der Waals surface area contributed by atoms with Gasteiger partial charge in [0, 0.05) is 11.6 Å². The van der Waals surface area contributed by atoms with Crippen LogP contribution >= 0.6 is 23.2 Å². The molecule has 0 bridgehead atoms. The highest BCUT2D eigenvalue weighted by molar-refractivity contribution is 6.36. The van der Waals surface area contributed by atoms with Gasteiger partial charge in [-0.15, -0.1) is 0 Å². The number of morpholine rings is 1. The van der Waals surface area contributed by atoms with Gasteiger partial charge in [-0.3, -0.25) is 4.79 Å². The van der Waals surface area contributed by atoms with Crippen LogP contribution in [0.5, 0.6) is 0 Å². The first-order valence-corrected chi connectivity index (χ1v) is 6.33. The summed E-state index contributed by atoms with van der Waals surface area (Å²) in [5.74, 6) is -1.53. The summed E-state index contributed by atoms with van der Waals surface area (Å²) in [6.07, 6.45) is 0. The Morgan fingerprint density at radius 1 is 1.37 bits per heavy atom. The van der Waals surface area contributed by atoms with E-state index in [0.29, 0.717) is 11.6 Å². The first-order chi connectivity index (χ1) is 9.00. The number of aliphatic carboxylic acids is 1. The molecule has 1 unspecified atom stereocenters. The van der Waals surface area contributed by atoms with Gasteiger partial charge >= 0.3 is 5.97 Å². The lowest BCUT2D eigenvalue weighted by molar-refractivity contribution is -0.147. The van der Waals surface area contributed by atoms with Crippen LogP contribution in [-0.2, 0) is 9.53 Å². The number of hydrogen-bond donors (Lipinski definition) is 1. The van der Waals surface area contributed by atoms with E-state index in [1.54, 1.807) is 0 Å². The van der Waals surface area contributed by atoms with Crippen LogP contribution in [0.1, 0.15) is 10.4 Å². The van der Waals surface area contributed by atoms with Crippen molar-refractivity contribution in [2.75, 3.05) is 19.8 Å². The normalized spacial score (nSPS) is 19.3. The molecule has 5 nitrogen and oxygen atoms in total. The Labute approximate surface area is 119 Å². The Bertz CT molecular complexity index is 520. The van der Waals surface area contributed by atoms with Gasteiger partial charge in [-0.1, -0.05) is 23.2 Å². The number of hydrogen-bond acceptors (Lipinski definition) is 3. The molecule has 2 rings (SSSR count). The molecule has 1 atom stereocenters. The van der Waals surface area contributed by atoms with E-state index in [1.807, 2.05) is 0 Å². The average Bonchev–Trinajstić information content (AvgIpc) is 2.38. The van der Waals surface area contributed by atoms with Crippen molar-refractivity contribution in [3.8, 4) is 0 Å². The maximum Gasteiger partial charge on any atom is 0.328 e. The third kappa shape index (κ3) is 3.00. The molecule has 1 fully saturated rings. The van der Waals surface area contributed by atoms with Crippen LogP contribution in [0.2, 0.25) is 10.0 Å². The molecular formula is C12H11Cl2NO4. The number of amides is 1. The average molecular weight is 304 g/mol. The smallest absolute Gasteiger partial charge is 0.328 e. The molecule has 1 aromatic rings. The van der Waals surface area contributed by atoms with E-state index in [9.17, 15) is 9.59 Å². The molecule has 0 spiro atoms. The highest BCUT2D eigenvalue weighted by atomic mass is 35.5. The molecule has 1 heterocycles. The minimum Gasteiger partial charge on any atom is -0.480 e. The Morgan fingerprint density at radius 2 is 2.11 bits per heavy atom. The molecule has 1 aliphatic heterocycles. The zero-order valence-electron chi connectivity index (χ0n) is 9.81. The molecule has 0 radical (unpaired) electrons. The van der Waals surface area contributed by atoms with Gasteiger partial charge in [-0.2, -0.15) is 0 Å². The lowest BCUT2D eigenvalue weighted by atomic mass is 10.1. The first kappa shape index (κ1) is 14.1. The van der Waals surface area contributed by atoms with Gasteiger partial charge in [-0.05, 0) is 18.2 Å². The maximum atomic E-state index is 12.3. The number of nitrogens with zero attached hydrogens (tertiary/aromatic N) is 1. The fourth-order valence-electron chi connectivity index (χ4n) is 1.87. The van der Waals surface area contributed by atoms with Crippen LogP contribution in [0.4, 0.5) is 0 Å². The molecule has 0 aliphatic carbocycles. The number of rotatable bonds is 2. The van der Waals surface area contributed by atoms with Crippen molar-refractivity contribution in [3.05, 3.63) is 33.8 Å². The number of carboxylic acid groups (broad SMARTS) is 1. The van der Waals surface area contributed by atoms with Gasteiger partial charge in [0.1, 0.15) is 0 Å². The Hall–Kier alpha value is -1.30. The summed E-state index contributed by atoms with van der Waals surface area (Å²) in [4.78, 5) is 24.7. The summed E-state index contributed by atoms with van der Waals surface area (Å²) in [5.41, 5.74) is 0.235. The molecule has 1 amide bonds. The third-order valence-electron chi connectivity index (χ3n) is 2.84. The van der Waals surface area contributed by atoms with Crippen LogP contribution in [0.15, 0.2) is 18.2 Å². The largest absolute Gasteiger partial charge is 0.480 e. The Balaban J connectivity index is 2.28.